The molecule has 5 heteroatoms. The average molecular weight is 287 g/mol. The summed E-state index contributed by atoms with van der Waals surface area (Å²) in [6.45, 7) is 7.93. The molecule has 16 heavy (non-hydrogen) atoms. The quantitative estimate of drug-likeness (QED) is 0.362. The van der Waals surface area contributed by atoms with Crippen molar-refractivity contribution in [1.82, 2.24) is 0 Å². The molecule has 0 aromatic rings. The van der Waals surface area contributed by atoms with Crippen LogP contribution in [0.2, 0.25) is 0 Å². The zero-order chi connectivity index (χ0) is 13.4. The standard InChI is InChI=1S/C5H11Cl.C4H8OS.C2H4OS/c1-2-3-4-5-6;1-3-5-4(2)6;1-2(3)4/h2-5H2,1H3;3H2,1-2H3;1H3,(H,3,4). The van der Waals surface area contributed by atoms with Crippen LogP contribution in [-0.2, 0) is 9.53 Å². The van der Waals surface area contributed by atoms with Crippen LogP contribution in [0.25, 0.3) is 0 Å². The van der Waals surface area contributed by atoms with Gasteiger partial charge < -0.3 is 4.74 Å². The number of rotatable bonds is 4. The molecule has 0 heterocycles. The monoisotopic (exact) mass is 286 g/mol. The predicted octanol–water partition coefficient (Wildman–Crippen LogP) is 4.25. The first kappa shape index (κ1) is 21.5. The SMILES string of the molecule is CC(=O)S.CCCCCCl.CCOC(C)=S. The Labute approximate surface area is 115 Å². The van der Waals surface area contributed by atoms with Crippen LogP contribution in [-0.4, -0.2) is 22.7 Å². The topological polar surface area (TPSA) is 26.3 Å². The summed E-state index contributed by atoms with van der Waals surface area (Å²) in [5.74, 6) is 0.827. The van der Waals surface area contributed by atoms with Crippen LogP contribution >= 0.6 is 36.4 Å². The minimum atomic E-state index is -0.139. The molecule has 0 bridgehead atoms. The summed E-state index contributed by atoms with van der Waals surface area (Å²) in [5, 5.41) is 0.484. The molecule has 98 valence electrons. The lowest BCUT2D eigenvalue weighted by molar-refractivity contribution is -0.108. The summed E-state index contributed by atoms with van der Waals surface area (Å²) in [7, 11) is 0. The molecule has 0 atom stereocenters. The molecule has 0 unspecified atom stereocenters. The van der Waals surface area contributed by atoms with Crippen LogP contribution < -0.4 is 0 Å². The van der Waals surface area contributed by atoms with E-state index < -0.39 is 0 Å². The zero-order valence-corrected chi connectivity index (χ0v) is 13.1. The van der Waals surface area contributed by atoms with E-state index in [9.17, 15) is 4.79 Å². The second kappa shape index (κ2) is 20.6. The van der Waals surface area contributed by atoms with Crippen LogP contribution in [0.15, 0.2) is 0 Å². The van der Waals surface area contributed by atoms with Crippen molar-refractivity contribution in [3.05, 3.63) is 0 Å². The van der Waals surface area contributed by atoms with E-state index in [1.54, 1.807) is 6.92 Å². The van der Waals surface area contributed by atoms with E-state index in [1.165, 1.54) is 26.2 Å². The summed E-state index contributed by atoms with van der Waals surface area (Å²) in [4.78, 5) is 9.31. The largest absolute Gasteiger partial charge is 0.488 e. The van der Waals surface area contributed by atoms with Gasteiger partial charge in [0.2, 0.25) is 0 Å². The van der Waals surface area contributed by atoms with E-state index in [4.69, 9.17) is 16.3 Å². The summed E-state index contributed by atoms with van der Waals surface area (Å²) in [6, 6.07) is 0. The highest BCUT2D eigenvalue weighted by Gasteiger charge is 1.77. The number of hydrogen-bond donors (Lipinski definition) is 1. The number of hydrogen-bond acceptors (Lipinski definition) is 3. The van der Waals surface area contributed by atoms with Crippen LogP contribution in [0, 0.1) is 0 Å². The fourth-order valence-corrected chi connectivity index (χ4v) is 0.855. The Morgan fingerprint density at radius 1 is 1.31 bits per heavy atom. The third-order valence-electron chi connectivity index (χ3n) is 1.08. The van der Waals surface area contributed by atoms with Gasteiger partial charge in [0.25, 0.3) is 0 Å². The maximum Gasteiger partial charge on any atom is 0.182 e. The molecule has 0 saturated heterocycles. The molecule has 0 N–H and O–H groups in total. The van der Waals surface area contributed by atoms with Crippen molar-refractivity contribution in [3.8, 4) is 0 Å². The minimum Gasteiger partial charge on any atom is -0.488 e. The van der Waals surface area contributed by atoms with Gasteiger partial charge in [-0.25, -0.2) is 0 Å². The molecule has 0 rings (SSSR count). The van der Waals surface area contributed by atoms with Gasteiger partial charge in [0, 0.05) is 19.7 Å². The Kier molecular flexibility index (Phi) is 27.6. The van der Waals surface area contributed by atoms with Crippen molar-refractivity contribution in [2.24, 2.45) is 0 Å². The third-order valence-corrected chi connectivity index (χ3v) is 1.47. The smallest absolute Gasteiger partial charge is 0.182 e. The summed E-state index contributed by atoms with van der Waals surface area (Å²) in [6.07, 6.45) is 3.73. The van der Waals surface area contributed by atoms with Crippen molar-refractivity contribution in [2.45, 2.75) is 47.0 Å². The molecule has 0 saturated carbocycles. The Balaban J connectivity index is -0.000000162. The van der Waals surface area contributed by atoms with Gasteiger partial charge in [0.1, 0.15) is 0 Å². The molecule has 0 spiro atoms. The van der Waals surface area contributed by atoms with Gasteiger partial charge in [0.05, 0.1) is 6.61 Å². The number of halogens is 1. The predicted molar refractivity (Wildman–Crippen MR) is 79.8 cm³/mol. The number of thiol groups is 1. The Bertz CT molecular complexity index is 156. The van der Waals surface area contributed by atoms with E-state index in [-0.39, 0.29) is 5.12 Å². The molecule has 0 aromatic heterocycles. The first-order valence-electron chi connectivity index (χ1n) is 5.31. The minimum absolute atomic E-state index is 0.139. The number of ether oxygens (including phenoxy) is 1. The first-order chi connectivity index (χ1) is 7.42. The Hall–Kier alpha value is 0.200. The lowest BCUT2D eigenvalue weighted by Gasteiger charge is -1.93. The van der Waals surface area contributed by atoms with Crippen LogP contribution in [0.1, 0.15) is 47.0 Å². The molecule has 0 amide bonds. The van der Waals surface area contributed by atoms with Crippen LogP contribution in [0.5, 0.6) is 0 Å². The highest BCUT2D eigenvalue weighted by molar-refractivity contribution is 7.96. The van der Waals surface area contributed by atoms with Gasteiger partial charge >= 0.3 is 0 Å². The van der Waals surface area contributed by atoms with Gasteiger partial charge in [-0.2, -0.15) is 0 Å². The van der Waals surface area contributed by atoms with Crippen molar-refractivity contribution >= 4 is 46.6 Å². The second-order valence-corrected chi connectivity index (χ2v) is 4.42. The molecular weight excluding hydrogens is 264 g/mol. The molecule has 0 radical (unpaired) electrons. The van der Waals surface area contributed by atoms with Gasteiger partial charge in [0.15, 0.2) is 10.2 Å². The zero-order valence-electron chi connectivity index (χ0n) is 10.6. The third kappa shape index (κ3) is 64.4. The normalized spacial score (nSPS) is 7.88. The highest BCUT2D eigenvalue weighted by atomic mass is 35.5. The van der Waals surface area contributed by atoms with Crippen LogP contribution in [0.4, 0.5) is 0 Å². The van der Waals surface area contributed by atoms with E-state index >= 15 is 0 Å². The molecule has 2 nitrogen and oxygen atoms in total. The second-order valence-electron chi connectivity index (χ2n) is 2.84. The molecule has 0 aliphatic heterocycles. The molecular formula is C11H23ClO2S2. The summed E-state index contributed by atoms with van der Waals surface area (Å²) < 4.78 is 4.77. The van der Waals surface area contributed by atoms with Gasteiger partial charge in [-0.05, 0) is 25.6 Å². The van der Waals surface area contributed by atoms with Gasteiger partial charge in [-0.15, -0.1) is 24.2 Å². The van der Waals surface area contributed by atoms with E-state index in [1.807, 2.05) is 6.92 Å². The molecule has 0 fully saturated rings. The first-order valence-corrected chi connectivity index (χ1v) is 6.70. The van der Waals surface area contributed by atoms with E-state index in [0.29, 0.717) is 11.7 Å². The van der Waals surface area contributed by atoms with Crippen molar-refractivity contribution < 1.29 is 9.53 Å². The summed E-state index contributed by atoms with van der Waals surface area (Å²) >= 11 is 13.3. The number of unbranched alkanes of at least 4 members (excludes halogenated alkanes) is 2. The van der Waals surface area contributed by atoms with Crippen molar-refractivity contribution in [3.63, 3.8) is 0 Å². The number of carbonyl (C=O) groups is 1. The lowest BCUT2D eigenvalue weighted by Crippen LogP contribution is -1.92. The lowest BCUT2D eigenvalue weighted by atomic mass is 10.3. The van der Waals surface area contributed by atoms with Crippen molar-refractivity contribution in [2.75, 3.05) is 12.5 Å². The maximum absolute atomic E-state index is 9.31. The van der Waals surface area contributed by atoms with E-state index in [0.717, 1.165) is 5.88 Å². The molecule has 0 aliphatic rings. The fourth-order valence-electron chi connectivity index (χ4n) is 0.548. The van der Waals surface area contributed by atoms with Gasteiger partial charge in [-0.3, -0.25) is 4.79 Å². The maximum atomic E-state index is 9.31. The van der Waals surface area contributed by atoms with Gasteiger partial charge in [-0.1, -0.05) is 19.8 Å². The van der Waals surface area contributed by atoms with Crippen molar-refractivity contribution in [1.29, 1.82) is 0 Å². The fraction of sp³-hybridized carbons (Fsp3) is 0.818. The number of carbonyl (C=O) groups excluding carboxylic acids is 1. The Morgan fingerprint density at radius 2 is 1.75 bits per heavy atom. The molecule has 0 aromatic carbocycles. The highest BCUT2D eigenvalue weighted by Crippen LogP contribution is 1.93. The molecule has 0 aliphatic carbocycles. The van der Waals surface area contributed by atoms with Crippen LogP contribution in [0.3, 0.4) is 0 Å². The average Bonchev–Trinajstić information content (AvgIpc) is 2.14. The van der Waals surface area contributed by atoms with E-state index in [2.05, 4.69) is 31.8 Å². The Morgan fingerprint density at radius 3 is 1.81 bits per heavy atom. The number of alkyl halides is 1. The summed E-state index contributed by atoms with van der Waals surface area (Å²) in [5.41, 5.74) is 0. The number of thiocarbonyl (C=S) groups is 1.